The topological polar surface area (TPSA) is 109 Å². The first kappa shape index (κ1) is 26.6. The monoisotopic (exact) mass is 525 g/mol. The minimum atomic E-state index is -3.93. The summed E-state index contributed by atoms with van der Waals surface area (Å²) in [6.07, 6.45) is 5.93. The predicted molar refractivity (Wildman–Crippen MR) is 140 cm³/mol. The Kier molecular flexibility index (Phi) is 9.10. The second-order valence-electron chi connectivity index (χ2n) is 8.39. The first-order valence-corrected chi connectivity index (χ1v) is 13.6. The minimum absolute atomic E-state index is 0.100. The van der Waals surface area contributed by atoms with Crippen molar-refractivity contribution in [3.05, 3.63) is 78.1 Å². The summed E-state index contributed by atoms with van der Waals surface area (Å²) in [4.78, 5) is 8.64. The summed E-state index contributed by atoms with van der Waals surface area (Å²) in [5, 5.41) is 0. The van der Waals surface area contributed by atoms with Crippen molar-refractivity contribution < 1.29 is 27.4 Å². The van der Waals surface area contributed by atoms with Crippen molar-refractivity contribution in [3.8, 4) is 11.6 Å². The van der Waals surface area contributed by atoms with E-state index in [1.807, 2.05) is 24.3 Å². The molecule has 0 amide bonds. The van der Waals surface area contributed by atoms with Gasteiger partial charge in [0.15, 0.2) is 12.1 Å². The van der Waals surface area contributed by atoms with Gasteiger partial charge in [0.05, 0.1) is 24.2 Å². The van der Waals surface area contributed by atoms with Crippen LogP contribution in [0.2, 0.25) is 0 Å². The summed E-state index contributed by atoms with van der Waals surface area (Å²) in [5.74, 6) is 1.04. The van der Waals surface area contributed by atoms with E-state index in [-0.39, 0.29) is 35.9 Å². The highest BCUT2D eigenvalue weighted by Crippen LogP contribution is 2.30. The molecule has 0 radical (unpaired) electrons. The average molecular weight is 526 g/mol. The van der Waals surface area contributed by atoms with E-state index in [1.165, 1.54) is 18.5 Å². The molecule has 196 valence electrons. The number of benzene rings is 2. The summed E-state index contributed by atoms with van der Waals surface area (Å²) < 4.78 is 51.7. The lowest BCUT2D eigenvalue weighted by atomic mass is 10.1. The van der Waals surface area contributed by atoms with Crippen LogP contribution in [0, 0.1) is 0 Å². The quantitative estimate of drug-likeness (QED) is 0.346. The van der Waals surface area contributed by atoms with Gasteiger partial charge in [-0.15, -0.1) is 0 Å². The first-order chi connectivity index (χ1) is 18.0. The van der Waals surface area contributed by atoms with E-state index in [9.17, 15) is 8.42 Å². The summed E-state index contributed by atoms with van der Waals surface area (Å²) in [7, 11) is -2.35. The molecule has 3 aromatic rings. The zero-order valence-electron chi connectivity index (χ0n) is 20.8. The molecule has 0 aliphatic carbocycles. The maximum Gasteiger partial charge on any atom is 0.263 e. The van der Waals surface area contributed by atoms with Gasteiger partial charge in [-0.1, -0.05) is 43.0 Å². The number of rotatable bonds is 12. The molecule has 9 nitrogen and oxygen atoms in total. The first-order valence-electron chi connectivity index (χ1n) is 12.1. The van der Waals surface area contributed by atoms with Crippen LogP contribution < -0.4 is 14.2 Å². The number of methoxy groups -OCH3 is 1. The molecular weight excluding hydrogens is 494 g/mol. The Hall–Kier alpha value is -3.47. The van der Waals surface area contributed by atoms with Crippen LogP contribution >= 0.6 is 0 Å². The Bertz CT molecular complexity index is 1290. The highest BCUT2D eigenvalue weighted by atomic mass is 32.2. The van der Waals surface area contributed by atoms with E-state index in [1.54, 1.807) is 25.3 Å². The molecule has 1 aliphatic rings. The third kappa shape index (κ3) is 7.06. The number of aromatic nitrogens is 2. The van der Waals surface area contributed by atoms with E-state index >= 15 is 0 Å². The van der Waals surface area contributed by atoms with Crippen molar-refractivity contribution in [3.63, 3.8) is 0 Å². The molecule has 2 aromatic carbocycles. The Balaban J connectivity index is 1.58. The van der Waals surface area contributed by atoms with Crippen LogP contribution in [0.5, 0.6) is 11.6 Å². The Morgan fingerprint density at radius 2 is 1.92 bits per heavy atom. The summed E-state index contributed by atoms with van der Waals surface area (Å²) in [5.41, 5.74) is 2.12. The smallest absolute Gasteiger partial charge is 0.263 e. The van der Waals surface area contributed by atoms with Crippen LogP contribution in [0.25, 0.3) is 6.08 Å². The highest BCUT2D eigenvalue weighted by molar-refractivity contribution is 7.92. The molecule has 1 unspecified atom stereocenters. The number of ether oxygens (including phenoxy) is 4. The molecule has 0 saturated carbocycles. The lowest BCUT2D eigenvalue weighted by molar-refractivity contribution is -0.165. The zero-order chi connectivity index (χ0) is 26.1. The molecule has 4 rings (SSSR count). The maximum atomic E-state index is 13.2. The number of nitrogens with zero attached hydrogens (tertiary/aromatic N) is 2. The van der Waals surface area contributed by atoms with Crippen molar-refractivity contribution in [1.29, 1.82) is 0 Å². The molecule has 1 fully saturated rings. The number of hydrogen-bond donors (Lipinski definition) is 1. The van der Waals surface area contributed by atoms with Crippen LogP contribution in [0.15, 0.2) is 66.3 Å². The van der Waals surface area contributed by atoms with Gasteiger partial charge in [0.2, 0.25) is 5.88 Å². The molecule has 1 atom stereocenters. The minimum Gasteiger partial charge on any atom is -0.496 e. The Labute approximate surface area is 217 Å². The number of nitrogens with one attached hydrogen (secondary N) is 1. The number of sulfonamides is 1. The molecule has 0 spiro atoms. The molecule has 1 aliphatic heterocycles. The van der Waals surface area contributed by atoms with Gasteiger partial charge in [-0.2, -0.15) is 0 Å². The normalized spacial score (nSPS) is 15.6. The average Bonchev–Trinajstić information content (AvgIpc) is 2.93. The van der Waals surface area contributed by atoms with Crippen molar-refractivity contribution in [2.24, 2.45) is 0 Å². The summed E-state index contributed by atoms with van der Waals surface area (Å²) in [6, 6.07) is 13.9. The van der Waals surface area contributed by atoms with Gasteiger partial charge < -0.3 is 18.9 Å². The van der Waals surface area contributed by atoms with Gasteiger partial charge in [0.1, 0.15) is 18.7 Å². The zero-order valence-corrected chi connectivity index (χ0v) is 21.6. The van der Waals surface area contributed by atoms with Gasteiger partial charge in [-0.05, 0) is 48.6 Å². The van der Waals surface area contributed by atoms with Crippen LogP contribution in [0.1, 0.15) is 36.0 Å². The lowest BCUT2D eigenvalue weighted by Gasteiger charge is -2.22. The fourth-order valence-corrected chi connectivity index (χ4v) is 4.98. The Morgan fingerprint density at radius 3 is 2.65 bits per heavy atom. The molecule has 1 saturated heterocycles. The van der Waals surface area contributed by atoms with Crippen molar-refractivity contribution >= 4 is 21.9 Å². The lowest BCUT2D eigenvalue weighted by Crippen LogP contribution is -2.24. The molecule has 2 heterocycles. The van der Waals surface area contributed by atoms with E-state index in [4.69, 9.17) is 18.9 Å². The molecule has 1 aromatic heterocycles. The molecule has 0 bridgehead atoms. The second-order valence-corrected chi connectivity index (χ2v) is 10.1. The van der Waals surface area contributed by atoms with Gasteiger partial charge in [-0.25, -0.2) is 18.4 Å². The fourth-order valence-electron chi connectivity index (χ4n) is 3.94. The largest absolute Gasteiger partial charge is 0.496 e. The molecule has 1 N–H and O–H groups in total. The SMILES string of the molecule is C=Cc1ccc(S(=O)(=O)Nc2ncnc(OCCOC3CCCCO3)c2Cc2ccccc2OC)cc1. The highest BCUT2D eigenvalue weighted by Gasteiger charge is 2.22. The van der Waals surface area contributed by atoms with Gasteiger partial charge >= 0.3 is 0 Å². The predicted octanol–water partition coefficient (Wildman–Crippen LogP) is 4.44. The van der Waals surface area contributed by atoms with Crippen molar-refractivity contribution in [1.82, 2.24) is 9.97 Å². The van der Waals surface area contributed by atoms with E-state index in [2.05, 4.69) is 21.3 Å². The summed E-state index contributed by atoms with van der Waals surface area (Å²) in [6.45, 7) is 4.91. The van der Waals surface area contributed by atoms with Crippen molar-refractivity contribution in [2.75, 3.05) is 31.7 Å². The fraction of sp³-hybridized carbons (Fsp3) is 0.333. The number of para-hydroxylation sites is 1. The molecule has 10 heteroatoms. The van der Waals surface area contributed by atoms with Gasteiger partial charge in [-0.3, -0.25) is 4.72 Å². The van der Waals surface area contributed by atoms with Crippen LogP contribution in [-0.2, 0) is 25.9 Å². The third-order valence-electron chi connectivity index (χ3n) is 5.89. The molecule has 37 heavy (non-hydrogen) atoms. The summed E-state index contributed by atoms with van der Waals surface area (Å²) >= 11 is 0. The van der Waals surface area contributed by atoms with Crippen molar-refractivity contribution in [2.45, 2.75) is 36.9 Å². The second kappa shape index (κ2) is 12.7. The van der Waals surface area contributed by atoms with Gasteiger partial charge in [0, 0.05) is 13.0 Å². The van der Waals surface area contributed by atoms with Gasteiger partial charge in [0.25, 0.3) is 10.0 Å². The number of anilines is 1. The van der Waals surface area contributed by atoms with Crippen LogP contribution in [0.3, 0.4) is 0 Å². The van der Waals surface area contributed by atoms with E-state index in [0.717, 1.165) is 30.4 Å². The van der Waals surface area contributed by atoms with Crippen LogP contribution in [-0.4, -0.2) is 51.6 Å². The maximum absolute atomic E-state index is 13.2. The third-order valence-corrected chi connectivity index (χ3v) is 7.24. The van der Waals surface area contributed by atoms with E-state index in [0.29, 0.717) is 24.5 Å². The Morgan fingerprint density at radius 1 is 1.11 bits per heavy atom. The van der Waals surface area contributed by atoms with E-state index < -0.39 is 10.0 Å². The number of hydrogen-bond acceptors (Lipinski definition) is 8. The van der Waals surface area contributed by atoms with Crippen LogP contribution in [0.4, 0.5) is 5.82 Å². The molecular formula is C27H31N3O6S. The standard InChI is InChI=1S/C27H31N3O6S/c1-3-20-11-13-22(14-12-20)37(31,32)30-26-23(18-21-8-4-5-9-24(21)33-2)27(29-19-28-26)36-17-16-35-25-10-6-7-15-34-25/h3-5,8-9,11-14,19,25H,1,6-7,10,15-18H2,2H3,(H,28,29,30).